The highest BCUT2D eigenvalue weighted by molar-refractivity contribution is 5.99. The van der Waals surface area contributed by atoms with E-state index >= 15 is 0 Å². The van der Waals surface area contributed by atoms with Gasteiger partial charge in [-0.3, -0.25) is 14.4 Å². The molecular weight excluding hydrogens is 296 g/mol. The number of ether oxygens (including phenoxy) is 1. The topological polar surface area (TPSA) is 80.7 Å². The van der Waals surface area contributed by atoms with Crippen molar-refractivity contribution in [1.82, 2.24) is 0 Å². The monoisotopic (exact) mass is 312 g/mol. The van der Waals surface area contributed by atoms with Gasteiger partial charge in [0.1, 0.15) is 0 Å². The predicted molar refractivity (Wildman–Crippen MR) is 84.0 cm³/mol. The van der Waals surface area contributed by atoms with Crippen LogP contribution in [0.5, 0.6) is 0 Å². The molecule has 2 aromatic carbocycles. The van der Waals surface area contributed by atoms with Gasteiger partial charge in [0.05, 0.1) is 0 Å². The Bertz CT molecular complexity index is 704. The molecule has 0 amide bonds. The van der Waals surface area contributed by atoms with E-state index in [-0.39, 0.29) is 5.78 Å². The molecule has 2 aromatic rings. The molecule has 1 atom stereocenters. The molecule has 0 aliphatic rings. The first-order chi connectivity index (χ1) is 11.0. The molecule has 0 radical (unpaired) electrons. The fourth-order valence-electron chi connectivity index (χ4n) is 1.93. The highest BCUT2D eigenvalue weighted by atomic mass is 16.5. The van der Waals surface area contributed by atoms with Crippen molar-refractivity contribution in [3.8, 4) is 11.1 Å². The van der Waals surface area contributed by atoms with Crippen molar-refractivity contribution in [3.63, 3.8) is 0 Å². The zero-order valence-corrected chi connectivity index (χ0v) is 12.6. The Hall–Kier alpha value is -2.95. The lowest BCUT2D eigenvalue weighted by Crippen LogP contribution is -2.25. The number of hydrogen-bond acceptors (Lipinski definition) is 4. The number of Topliss-reactive ketones (excluding diaryl/α,β-unsaturated/α-hetero) is 1. The number of carboxylic acid groups (broad SMARTS) is 1. The average molecular weight is 312 g/mol. The van der Waals surface area contributed by atoms with Gasteiger partial charge < -0.3 is 9.84 Å². The van der Waals surface area contributed by atoms with Crippen LogP contribution >= 0.6 is 0 Å². The number of esters is 1. The summed E-state index contributed by atoms with van der Waals surface area (Å²) in [5, 5.41) is 8.69. The molecule has 0 fully saturated rings. The Morgan fingerprint density at radius 3 is 2.09 bits per heavy atom. The van der Waals surface area contributed by atoms with Crippen LogP contribution in [0.2, 0.25) is 0 Å². The maximum absolute atomic E-state index is 12.0. The van der Waals surface area contributed by atoms with Crippen LogP contribution in [0.1, 0.15) is 17.3 Å². The lowest BCUT2D eigenvalue weighted by molar-refractivity contribution is -0.156. The number of carboxylic acids is 1. The highest BCUT2D eigenvalue weighted by Crippen LogP contribution is 2.19. The van der Waals surface area contributed by atoms with Crippen LogP contribution in [0.3, 0.4) is 0 Å². The van der Waals surface area contributed by atoms with Crippen LogP contribution in [-0.4, -0.2) is 29.4 Å². The summed E-state index contributed by atoms with van der Waals surface area (Å²) in [4.78, 5) is 34.0. The van der Waals surface area contributed by atoms with Gasteiger partial charge >= 0.3 is 11.9 Å². The number of carbonyl (C=O) groups excluding carboxylic acids is 2. The lowest BCUT2D eigenvalue weighted by Gasteiger charge is -2.07. The first-order valence-electron chi connectivity index (χ1n) is 7.07. The Balaban J connectivity index is 1.98. The Labute approximate surface area is 133 Å². The molecule has 0 saturated carbocycles. The van der Waals surface area contributed by atoms with Crippen LogP contribution in [0.15, 0.2) is 54.6 Å². The van der Waals surface area contributed by atoms with Gasteiger partial charge in [-0.05, 0) is 18.1 Å². The molecule has 1 unspecified atom stereocenters. The Morgan fingerprint density at radius 1 is 0.957 bits per heavy atom. The molecule has 0 saturated heterocycles. The second-order valence-corrected chi connectivity index (χ2v) is 5.03. The van der Waals surface area contributed by atoms with Crippen LogP contribution in [0, 0.1) is 5.92 Å². The molecule has 5 nitrogen and oxygen atoms in total. The molecule has 23 heavy (non-hydrogen) atoms. The van der Waals surface area contributed by atoms with Crippen molar-refractivity contribution in [2.75, 3.05) is 6.61 Å². The minimum absolute atomic E-state index is 0.379. The molecule has 2 rings (SSSR count). The zero-order chi connectivity index (χ0) is 16.8. The SMILES string of the molecule is CC(C(=O)O)C(=O)OCC(=O)c1ccc(-c2ccccc2)cc1. The van der Waals surface area contributed by atoms with E-state index in [9.17, 15) is 14.4 Å². The van der Waals surface area contributed by atoms with Crippen molar-refractivity contribution in [2.24, 2.45) is 5.92 Å². The maximum atomic E-state index is 12.0. The van der Waals surface area contributed by atoms with Crippen molar-refractivity contribution >= 4 is 17.7 Å². The normalized spacial score (nSPS) is 11.5. The molecule has 1 N–H and O–H groups in total. The van der Waals surface area contributed by atoms with E-state index < -0.39 is 24.5 Å². The summed E-state index contributed by atoms with van der Waals surface area (Å²) < 4.78 is 4.73. The number of hydrogen-bond donors (Lipinski definition) is 1. The van der Waals surface area contributed by atoms with E-state index in [0.717, 1.165) is 11.1 Å². The minimum atomic E-state index is -1.29. The third-order valence-electron chi connectivity index (χ3n) is 3.38. The first kappa shape index (κ1) is 16.4. The van der Waals surface area contributed by atoms with Crippen LogP contribution in [-0.2, 0) is 14.3 Å². The quantitative estimate of drug-likeness (QED) is 0.504. The molecule has 0 spiro atoms. The van der Waals surface area contributed by atoms with E-state index in [2.05, 4.69) is 0 Å². The standard InChI is InChI=1S/C18H16O5/c1-12(17(20)21)18(22)23-11-16(19)15-9-7-14(8-10-15)13-5-3-2-4-6-13/h2-10,12H,11H2,1H3,(H,20,21). The number of benzene rings is 2. The molecule has 118 valence electrons. The molecular formula is C18H16O5. The number of rotatable bonds is 6. The van der Waals surface area contributed by atoms with Gasteiger partial charge in [-0.1, -0.05) is 54.6 Å². The van der Waals surface area contributed by atoms with E-state index in [0.29, 0.717) is 5.56 Å². The van der Waals surface area contributed by atoms with Gasteiger partial charge in [0.25, 0.3) is 0 Å². The second-order valence-electron chi connectivity index (χ2n) is 5.03. The fourth-order valence-corrected chi connectivity index (χ4v) is 1.93. The molecule has 5 heteroatoms. The van der Waals surface area contributed by atoms with Gasteiger partial charge in [-0.25, -0.2) is 0 Å². The zero-order valence-electron chi connectivity index (χ0n) is 12.6. The van der Waals surface area contributed by atoms with Gasteiger partial charge in [0.2, 0.25) is 0 Å². The fraction of sp³-hybridized carbons (Fsp3) is 0.167. The van der Waals surface area contributed by atoms with Gasteiger partial charge in [-0.2, -0.15) is 0 Å². The Morgan fingerprint density at radius 2 is 1.52 bits per heavy atom. The van der Waals surface area contributed by atoms with Gasteiger partial charge in [-0.15, -0.1) is 0 Å². The summed E-state index contributed by atoms with van der Waals surface area (Å²) in [5.74, 6) is -3.87. The third kappa shape index (κ3) is 4.26. The summed E-state index contributed by atoms with van der Waals surface area (Å²) in [6.45, 7) is 0.741. The average Bonchev–Trinajstić information content (AvgIpc) is 2.59. The van der Waals surface area contributed by atoms with Crippen LogP contribution < -0.4 is 0 Å². The van der Waals surface area contributed by atoms with Crippen molar-refractivity contribution < 1.29 is 24.2 Å². The maximum Gasteiger partial charge on any atom is 0.320 e. The molecule has 0 heterocycles. The van der Waals surface area contributed by atoms with E-state index in [1.165, 1.54) is 6.92 Å². The Kier molecular flexibility index (Phi) is 5.25. The molecule has 0 aromatic heterocycles. The summed E-state index contributed by atoms with van der Waals surface area (Å²) in [6, 6.07) is 16.6. The molecule has 0 aliphatic carbocycles. The highest BCUT2D eigenvalue weighted by Gasteiger charge is 2.23. The van der Waals surface area contributed by atoms with Gasteiger partial charge in [0, 0.05) is 5.56 Å². The predicted octanol–water partition coefficient (Wildman–Crippen LogP) is 2.80. The van der Waals surface area contributed by atoms with E-state index in [4.69, 9.17) is 9.84 Å². The number of aliphatic carboxylic acids is 1. The summed E-state index contributed by atoms with van der Waals surface area (Å²) in [6.07, 6.45) is 0. The smallest absolute Gasteiger partial charge is 0.320 e. The van der Waals surface area contributed by atoms with Gasteiger partial charge in [0.15, 0.2) is 18.3 Å². The lowest BCUT2D eigenvalue weighted by atomic mass is 10.0. The number of ketones is 1. The van der Waals surface area contributed by atoms with Crippen molar-refractivity contribution in [1.29, 1.82) is 0 Å². The summed E-state index contributed by atoms with van der Waals surface area (Å²) in [5.41, 5.74) is 2.41. The van der Waals surface area contributed by atoms with Crippen LogP contribution in [0.4, 0.5) is 0 Å². The van der Waals surface area contributed by atoms with Crippen molar-refractivity contribution in [2.45, 2.75) is 6.92 Å². The summed E-state index contributed by atoms with van der Waals surface area (Å²) in [7, 11) is 0. The van der Waals surface area contributed by atoms with E-state index in [1.807, 2.05) is 42.5 Å². The second kappa shape index (κ2) is 7.35. The largest absolute Gasteiger partial charge is 0.481 e. The minimum Gasteiger partial charge on any atom is -0.481 e. The number of carbonyl (C=O) groups is 3. The molecule has 0 aliphatic heterocycles. The van der Waals surface area contributed by atoms with Crippen LogP contribution in [0.25, 0.3) is 11.1 Å². The third-order valence-corrected chi connectivity index (χ3v) is 3.38. The van der Waals surface area contributed by atoms with Crippen molar-refractivity contribution in [3.05, 3.63) is 60.2 Å². The summed E-state index contributed by atoms with van der Waals surface area (Å²) >= 11 is 0. The van der Waals surface area contributed by atoms with E-state index in [1.54, 1.807) is 12.1 Å². The first-order valence-corrected chi connectivity index (χ1v) is 7.07. The molecule has 0 bridgehead atoms.